The SMILES string of the molecule is CN(C)CC[C@H](CSc1ccccc1)Nc1ccc(S(=O)(=O)NC(=O)c2ccc(N3CCN(Cc4ccccc4-c4ccc(Cl)cc4)CC3)cc2)cc1[N+](=O)[O-].COc1ccc(C(c2c(-c3ccccc3)n(O)c3ccccc23)N2CCN(C)CC2)cc1. The fourth-order valence-corrected chi connectivity index (χ4v) is 13.5. The number of likely N-dealkylation sites (N-methyl/N-ethyl adjacent to an activating group) is 1. The normalized spacial score (nSPS) is 14.9. The average molecular weight is 1240 g/mol. The van der Waals surface area contributed by atoms with Gasteiger partial charge in [-0.3, -0.25) is 24.7 Å². The number of aromatic nitrogens is 1. The smallest absolute Gasteiger partial charge is 0.293 e. The van der Waals surface area contributed by atoms with Crippen molar-refractivity contribution in [1.29, 1.82) is 0 Å². The molecule has 2 atom stereocenters. The number of nitro groups is 1. The Morgan fingerprint density at radius 3 is 2.07 bits per heavy atom. The van der Waals surface area contributed by atoms with Crippen LogP contribution < -0.4 is 19.7 Å². The van der Waals surface area contributed by atoms with Gasteiger partial charge in [-0.15, -0.1) is 11.8 Å². The maximum Gasteiger partial charge on any atom is 0.293 e. The van der Waals surface area contributed by atoms with Gasteiger partial charge in [-0.05, 0) is 135 Å². The topological polar surface area (TPSA) is 169 Å². The van der Waals surface area contributed by atoms with E-state index in [1.54, 1.807) is 43.1 Å². The molecular formula is C69H74ClN9O7S2. The number of methoxy groups -OCH3 is 1. The predicted molar refractivity (Wildman–Crippen MR) is 355 cm³/mol. The van der Waals surface area contributed by atoms with Gasteiger partial charge in [-0.2, -0.15) is 4.73 Å². The first-order valence-corrected chi connectivity index (χ1v) is 32.3. The van der Waals surface area contributed by atoms with Crippen molar-refractivity contribution in [2.45, 2.75) is 34.8 Å². The Balaban J connectivity index is 0.000000225. The largest absolute Gasteiger partial charge is 0.497 e. The van der Waals surface area contributed by atoms with Crippen molar-refractivity contribution < 1.29 is 28.1 Å². The molecule has 1 unspecified atom stereocenters. The molecular weight excluding hydrogens is 1170 g/mol. The molecule has 8 aromatic carbocycles. The van der Waals surface area contributed by atoms with E-state index in [0.717, 1.165) is 121 Å². The maximum absolute atomic E-state index is 13.4. The molecule has 16 nitrogen and oxygen atoms in total. The summed E-state index contributed by atoms with van der Waals surface area (Å²) in [7, 11) is 3.36. The minimum absolute atomic E-state index is 0.0168. The molecule has 2 fully saturated rings. The van der Waals surface area contributed by atoms with E-state index in [1.165, 1.54) is 33.6 Å². The maximum atomic E-state index is 13.4. The number of ether oxygens (including phenoxy) is 1. The minimum atomic E-state index is -4.43. The molecule has 0 spiro atoms. The molecule has 9 aromatic rings. The summed E-state index contributed by atoms with van der Waals surface area (Å²) in [5.41, 5.74) is 9.48. The first kappa shape index (κ1) is 62.8. The van der Waals surface area contributed by atoms with Gasteiger partial charge in [0.2, 0.25) is 0 Å². The fraction of sp³-hybridized carbons (Fsp3) is 0.261. The number of sulfonamides is 1. The number of nitrogens with zero attached hydrogens (tertiary/aromatic N) is 7. The van der Waals surface area contributed by atoms with Crippen LogP contribution in [-0.4, -0.2) is 148 Å². The molecule has 1 amide bonds. The Hall–Kier alpha value is -8.20. The van der Waals surface area contributed by atoms with Crippen molar-refractivity contribution in [2.24, 2.45) is 0 Å². The van der Waals surface area contributed by atoms with Crippen LogP contribution >= 0.6 is 23.4 Å². The van der Waals surface area contributed by atoms with Crippen molar-refractivity contribution in [3.63, 3.8) is 0 Å². The van der Waals surface area contributed by atoms with Gasteiger partial charge in [0.25, 0.3) is 21.6 Å². The highest BCUT2D eigenvalue weighted by atomic mass is 35.5. The summed E-state index contributed by atoms with van der Waals surface area (Å²) in [6.07, 6.45) is 0.704. The number of benzene rings is 8. The number of piperazine rings is 2. The van der Waals surface area contributed by atoms with Gasteiger partial charge in [0.1, 0.15) is 11.4 Å². The molecule has 11 rings (SSSR count). The van der Waals surface area contributed by atoms with Crippen LogP contribution in [-0.2, 0) is 16.6 Å². The summed E-state index contributed by atoms with van der Waals surface area (Å²) in [5.74, 6) is 0.659. The number of hydrogen-bond acceptors (Lipinski definition) is 14. The van der Waals surface area contributed by atoms with E-state index in [4.69, 9.17) is 16.3 Å². The molecule has 0 radical (unpaired) electrons. The van der Waals surface area contributed by atoms with Crippen LogP contribution in [0, 0.1) is 10.1 Å². The number of fused-ring (bicyclic) bond motifs is 1. The van der Waals surface area contributed by atoms with E-state index < -0.39 is 26.5 Å². The second-order valence-corrected chi connectivity index (χ2v) is 25.6. The molecule has 456 valence electrons. The van der Waals surface area contributed by atoms with Crippen molar-refractivity contribution in [3.05, 3.63) is 238 Å². The van der Waals surface area contributed by atoms with E-state index in [2.05, 4.69) is 91.3 Å². The molecule has 1 aromatic heterocycles. The number of carbonyl (C=O) groups is 1. The van der Waals surface area contributed by atoms with Gasteiger partial charge in [-0.25, -0.2) is 13.1 Å². The number of anilines is 2. The van der Waals surface area contributed by atoms with Crippen LogP contribution in [0.2, 0.25) is 5.02 Å². The summed E-state index contributed by atoms with van der Waals surface area (Å²) in [6.45, 7) is 8.80. The van der Waals surface area contributed by atoms with E-state index >= 15 is 0 Å². The number of nitro benzene ring substituents is 1. The molecule has 88 heavy (non-hydrogen) atoms. The van der Waals surface area contributed by atoms with Crippen LogP contribution in [0.15, 0.2) is 210 Å². The molecule has 0 bridgehead atoms. The van der Waals surface area contributed by atoms with E-state index in [-0.39, 0.29) is 28.2 Å². The third-order valence-corrected chi connectivity index (χ3v) is 18.9. The first-order chi connectivity index (χ1) is 42.6. The molecule has 0 saturated carbocycles. The summed E-state index contributed by atoms with van der Waals surface area (Å²) in [5, 5.41) is 28.5. The van der Waals surface area contributed by atoms with Gasteiger partial charge in [0, 0.05) is 114 Å². The lowest BCUT2D eigenvalue weighted by Crippen LogP contribution is -2.46. The summed E-state index contributed by atoms with van der Waals surface area (Å²) in [6, 6.07) is 63.2. The molecule has 3 N–H and O–H groups in total. The van der Waals surface area contributed by atoms with Crippen LogP contribution in [0.4, 0.5) is 17.1 Å². The van der Waals surface area contributed by atoms with Gasteiger partial charge in [0.15, 0.2) is 0 Å². The zero-order chi connectivity index (χ0) is 61.7. The molecule has 0 aliphatic carbocycles. The number of thioether (sulfide) groups is 1. The third kappa shape index (κ3) is 15.5. The standard InChI is InChI=1S/C42H45ClN6O5S2.C27H29N3O2/c1-46(2)23-22-35(30-55-37-9-4-3-5-10-37)44-40-21-20-38(28-41(40)49(51)52)56(53,54)45-42(50)32-14-18-36(19-15-32)48-26-24-47(25-27-48)29-33-8-6-7-11-39(33)31-12-16-34(43)17-13-31;1-28-16-18-29(19-17-28)26(21-12-14-22(32-2)15-13-21)25-23-10-6-7-11-24(23)30(31)27(25)20-8-4-3-5-9-20/h3-21,28,35,44H,22-27,29-30H2,1-2H3,(H,45,50);3-15,26,31H,16-19H2,1-2H3/t35-;/m1./s1. The Labute approximate surface area is 525 Å². The van der Waals surface area contributed by atoms with Crippen LogP contribution in [0.25, 0.3) is 33.3 Å². The van der Waals surface area contributed by atoms with Crippen molar-refractivity contribution in [3.8, 4) is 28.1 Å². The zero-order valence-corrected chi connectivity index (χ0v) is 52.3. The zero-order valence-electron chi connectivity index (χ0n) is 49.9. The number of nitrogens with one attached hydrogen (secondary N) is 2. The number of amides is 1. The third-order valence-electron chi connectivity index (χ3n) is 16.2. The Morgan fingerprint density at radius 2 is 1.40 bits per heavy atom. The fourth-order valence-electron chi connectivity index (χ4n) is 11.4. The lowest BCUT2D eigenvalue weighted by molar-refractivity contribution is -0.384. The van der Waals surface area contributed by atoms with Crippen molar-refractivity contribution in [2.75, 3.05) is 103 Å². The van der Waals surface area contributed by atoms with E-state index in [9.17, 15) is 28.5 Å². The average Bonchev–Trinajstić information content (AvgIpc) is 1.65. The van der Waals surface area contributed by atoms with Crippen LogP contribution in [0.5, 0.6) is 5.75 Å². The first-order valence-electron chi connectivity index (χ1n) is 29.4. The lowest BCUT2D eigenvalue weighted by atomic mass is 9.91. The monoisotopic (exact) mass is 1240 g/mol. The number of hydrogen-bond donors (Lipinski definition) is 3. The summed E-state index contributed by atoms with van der Waals surface area (Å²) < 4.78 is 35.6. The summed E-state index contributed by atoms with van der Waals surface area (Å²) in [4.78, 5) is 37.0. The van der Waals surface area contributed by atoms with Crippen LogP contribution in [0.3, 0.4) is 0 Å². The van der Waals surface area contributed by atoms with Gasteiger partial charge in [-0.1, -0.05) is 127 Å². The quantitative estimate of drug-likeness (QED) is 0.0269. The van der Waals surface area contributed by atoms with Crippen LogP contribution in [0.1, 0.15) is 39.5 Å². The van der Waals surface area contributed by atoms with Crippen molar-refractivity contribution in [1.82, 2.24) is 29.1 Å². The van der Waals surface area contributed by atoms with Gasteiger partial charge >= 0.3 is 0 Å². The summed E-state index contributed by atoms with van der Waals surface area (Å²) >= 11 is 7.75. The molecule has 3 heterocycles. The second kappa shape index (κ2) is 29.2. The van der Waals surface area contributed by atoms with Gasteiger partial charge in [0.05, 0.1) is 34.2 Å². The molecule has 19 heteroatoms. The van der Waals surface area contributed by atoms with E-state index in [0.29, 0.717) is 17.2 Å². The number of para-hydroxylation sites is 1. The van der Waals surface area contributed by atoms with E-state index in [1.807, 2.05) is 122 Å². The molecule has 2 aliphatic heterocycles. The Morgan fingerprint density at radius 1 is 0.750 bits per heavy atom. The number of carbonyl (C=O) groups excluding carboxylic acids is 1. The Bertz CT molecular complexity index is 3900. The lowest BCUT2D eigenvalue weighted by Gasteiger charge is -2.38. The predicted octanol–water partition coefficient (Wildman–Crippen LogP) is 12.8. The number of halogens is 1. The second-order valence-electron chi connectivity index (χ2n) is 22.4. The van der Waals surface area contributed by atoms with Crippen molar-refractivity contribution >= 4 is 67.3 Å². The number of rotatable bonds is 21. The molecule has 2 saturated heterocycles. The highest BCUT2D eigenvalue weighted by Gasteiger charge is 2.33. The highest BCUT2D eigenvalue weighted by Crippen LogP contribution is 2.43. The van der Waals surface area contributed by atoms with Gasteiger partial charge < -0.3 is 30.0 Å². The highest BCUT2D eigenvalue weighted by molar-refractivity contribution is 7.99. The Kier molecular flexibility index (Phi) is 20.9. The molecule has 2 aliphatic rings. The minimum Gasteiger partial charge on any atom is -0.497 e.